The van der Waals surface area contributed by atoms with Gasteiger partial charge in [-0.3, -0.25) is 0 Å². The van der Waals surface area contributed by atoms with Gasteiger partial charge in [-0.15, -0.1) is 46.2 Å². The lowest BCUT2D eigenvalue weighted by Crippen LogP contribution is -2.31. The Bertz CT molecular complexity index is 6660. The van der Waals surface area contributed by atoms with Crippen molar-refractivity contribution in [3.63, 3.8) is 0 Å². The van der Waals surface area contributed by atoms with E-state index in [1.165, 1.54) is 69.5 Å². The standard InChI is InChI=1S/C90H60N8O2S4/c91-43-41-61(51-92)97(81-39-37-77(101-81)53-17-3-1-4-18-53)71-49-69-87(85-63-25-11-13-31-79(63)103-89(71)85)88-70(50-72(90-86(88)64-26-12-14-32-80(64)104-90)98(62-42-44-93-94-52-62)82-40-38-78(102-82)54-19-5-2-6-20-54)96(69)60-35-33-59(34-36-60)95(67-27-15-29-73-83(67)65-45-55-21-7-9-23-57(55)47-75(65)99-73)68-28-16-30-74-84(68)66-46-56-22-8-10-24-58(56)48-76(66)100-74/h1-36,38,41-52,77,81-82,91-92H,37,39-40H2/b61-41+,91-43?,92-51?. The fraction of sp³-hybridized carbons (Fsp3) is 0.0667. The number of nitrogens with zero attached hydrogens (tertiary/aromatic N) is 6. The summed E-state index contributed by atoms with van der Waals surface area (Å²) < 4.78 is 21.0. The van der Waals surface area contributed by atoms with E-state index in [0.29, 0.717) is 5.70 Å². The van der Waals surface area contributed by atoms with Crippen molar-refractivity contribution in [1.82, 2.24) is 14.8 Å². The lowest BCUT2D eigenvalue weighted by atomic mass is 9.99. The molecule has 3 atom stereocenters. The van der Waals surface area contributed by atoms with Gasteiger partial charge in [0.1, 0.15) is 22.3 Å². The number of aromatic nitrogens is 3. The van der Waals surface area contributed by atoms with Gasteiger partial charge in [0, 0.05) is 86.4 Å². The first-order chi connectivity index (χ1) is 51.5. The summed E-state index contributed by atoms with van der Waals surface area (Å²) in [5.74, 6) is 0. The Morgan fingerprint density at radius 2 is 1.04 bits per heavy atom. The second-order valence-corrected chi connectivity index (χ2v) is 31.5. The maximum atomic E-state index is 9.29. The van der Waals surface area contributed by atoms with E-state index in [9.17, 15) is 5.41 Å². The third-order valence-electron chi connectivity index (χ3n) is 21.1. The van der Waals surface area contributed by atoms with Crippen LogP contribution in [-0.4, -0.2) is 37.9 Å². The van der Waals surface area contributed by atoms with Crippen molar-refractivity contribution < 1.29 is 8.83 Å². The minimum absolute atomic E-state index is 0.0362. The van der Waals surface area contributed by atoms with Crippen LogP contribution in [0.4, 0.5) is 34.1 Å². The minimum atomic E-state index is -0.0621. The largest absolute Gasteiger partial charge is 0.456 e. The van der Waals surface area contributed by atoms with Gasteiger partial charge in [0.2, 0.25) is 0 Å². The number of benzene rings is 13. The van der Waals surface area contributed by atoms with Crippen LogP contribution in [0.5, 0.6) is 0 Å². The molecule has 3 unspecified atom stereocenters. The van der Waals surface area contributed by atoms with Crippen molar-refractivity contribution in [2.24, 2.45) is 0 Å². The quantitative estimate of drug-likeness (QED) is 0.103. The molecule has 21 rings (SSSR count). The highest BCUT2D eigenvalue weighted by Crippen LogP contribution is 2.58. The van der Waals surface area contributed by atoms with Gasteiger partial charge in [-0.1, -0.05) is 164 Å². The topological polar surface area (TPSA) is 114 Å². The summed E-state index contributed by atoms with van der Waals surface area (Å²) in [5.41, 5.74) is 15.4. The summed E-state index contributed by atoms with van der Waals surface area (Å²) in [7, 11) is 0. The van der Waals surface area contributed by atoms with Gasteiger partial charge in [0.25, 0.3) is 0 Å². The van der Waals surface area contributed by atoms with Crippen LogP contribution in [0.2, 0.25) is 0 Å². The highest BCUT2D eigenvalue weighted by atomic mass is 32.2. The van der Waals surface area contributed by atoms with Crippen molar-refractivity contribution in [2.45, 2.75) is 35.3 Å². The lowest BCUT2D eigenvalue weighted by molar-refractivity contribution is 0.669. The van der Waals surface area contributed by atoms with Crippen molar-refractivity contribution in [1.29, 1.82) is 10.8 Å². The molecule has 14 heteroatoms. The average molecular weight is 1410 g/mol. The van der Waals surface area contributed by atoms with Crippen LogP contribution < -0.4 is 14.7 Å². The maximum Gasteiger partial charge on any atom is 0.137 e. The van der Waals surface area contributed by atoms with Crippen molar-refractivity contribution in [3.05, 3.63) is 302 Å². The van der Waals surface area contributed by atoms with Gasteiger partial charge in [-0.05, 0) is 161 Å². The molecule has 0 radical (unpaired) electrons. The SMILES string of the molecule is N=C/C=C(\C=N)N(c1cc2c(c3c1sc1ccccc13)c1c3c(sc4ccccc43)c(N(c3ccnnc3)C3CC=C(c4ccccc4)S3)cc1n2-c1ccc(N(c2cccc3oc4cc5ccccc5cc4c23)c2cccc3oc4cc5ccccc5cc4c23)cc1)C1CCC(c2ccccc2)S1. The Hall–Kier alpha value is -11.8. The summed E-state index contributed by atoms with van der Waals surface area (Å²) in [6.07, 6.45) is 13.4. The van der Waals surface area contributed by atoms with Crippen LogP contribution in [0.25, 0.3) is 138 Å². The molecule has 0 spiro atoms. The zero-order valence-corrected chi connectivity index (χ0v) is 59.0. The van der Waals surface area contributed by atoms with Crippen LogP contribution in [-0.2, 0) is 0 Å². The van der Waals surface area contributed by atoms with Crippen LogP contribution in [0.3, 0.4) is 0 Å². The van der Waals surface area contributed by atoms with E-state index in [-0.39, 0.29) is 16.0 Å². The molecule has 1 saturated heterocycles. The summed E-state index contributed by atoms with van der Waals surface area (Å²) in [5, 5.41) is 42.8. The molecule has 19 aromatic rings. The third kappa shape index (κ3) is 9.62. The third-order valence-corrected chi connectivity index (χ3v) is 26.4. The Morgan fingerprint density at radius 1 is 0.471 bits per heavy atom. The fourth-order valence-corrected chi connectivity index (χ4v) is 22.0. The van der Waals surface area contributed by atoms with E-state index in [0.717, 1.165) is 146 Å². The minimum Gasteiger partial charge on any atom is -0.456 e. The number of thiophene rings is 2. The first kappa shape index (κ1) is 60.9. The molecule has 0 amide bonds. The molecule has 496 valence electrons. The molecule has 1 fully saturated rings. The molecule has 0 aliphatic carbocycles. The predicted octanol–water partition coefficient (Wildman–Crippen LogP) is 26.1. The molecule has 0 bridgehead atoms. The second kappa shape index (κ2) is 24.5. The van der Waals surface area contributed by atoms with Crippen LogP contribution in [0.1, 0.15) is 35.6 Å². The van der Waals surface area contributed by atoms with Crippen molar-refractivity contribution >= 4 is 225 Å². The Kier molecular flexibility index (Phi) is 14.3. The van der Waals surface area contributed by atoms with Crippen LogP contribution in [0, 0.1) is 10.8 Å². The van der Waals surface area contributed by atoms with E-state index in [1.54, 1.807) is 6.08 Å². The van der Waals surface area contributed by atoms with Gasteiger partial charge in [-0.25, -0.2) is 0 Å². The van der Waals surface area contributed by atoms with Crippen LogP contribution in [0.15, 0.2) is 300 Å². The van der Waals surface area contributed by atoms with Crippen LogP contribution >= 0.6 is 46.2 Å². The number of fused-ring (bicyclic) bond motifs is 19. The molecule has 8 heterocycles. The number of rotatable bonds is 14. The first-order valence-corrected chi connectivity index (χ1v) is 38.5. The smallest absolute Gasteiger partial charge is 0.137 e. The van der Waals surface area contributed by atoms with Gasteiger partial charge in [-0.2, -0.15) is 10.2 Å². The number of thioether (sulfide) groups is 2. The number of nitrogens with one attached hydrogen (secondary N) is 2. The number of furan rings is 2. The normalized spacial score (nSPS) is 15.8. The van der Waals surface area contributed by atoms with E-state index >= 15 is 0 Å². The van der Waals surface area contributed by atoms with E-state index in [4.69, 9.17) is 14.2 Å². The lowest BCUT2D eigenvalue weighted by Gasteiger charge is -2.32. The molecule has 6 aromatic heterocycles. The van der Waals surface area contributed by atoms with Gasteiger partial charge in [0.05, 0.1) is 88.5 Å². The van der Waals surface area contributed by atoms with Gasteiger partial charge in [0.15, 0.2) is 0 Å². The second-order valence-electron chi connectivity index (χ2n) is 26.8. The van der Waals surface area contributed by atoms with Crippen molar-refractivity contribution in [3.8, 4) is 5.69 Å². The van der Waals surface area contributed by atoms with E-state index in [2.05, 4.69) is 296 Å². The number of hydrogen-bond acceptors (Lipinski definition) is 13. The molecule has 13 aromatic carbocycles. The Balaban J connectivity index is 0.866. The molecule has 2 aliphatic heterocycles. The highest BCUT2D eigenvalue weighted by Gasteiger charge is 2.37. The number of allylic oxidation sites excluding steroid dienone is 2. The number of hydrogen-bond donors (Lipinski definition) is 2. The maximum absolute atomic E-state index is 9.29. The highest BCUT2D eigenvalue weighted by molar-refractivity contribution is 8.09. The summed E-state index contributed by atoms with van der Waals surface area (Å²) in [6, 6.07) is 94.5. The number of anilines is 6. The molecular formula is C90H60N8O2S4. The Morgan fingerprint density at radius 3 is 1.63 bits per heavy atom. The summed E-state index contributed by atoms with van der Waals surface area (Å²) >= 11 is 7.52. The van der Waals surface area contributed by atoms with Gasteiger partial charge >= 0.3 is 0 Å². The predicted molar refractivity (Wildman–Crippen MR) is 443 cm³/mol. The Labute approximate surface area is 613 Å². The molecular weight excluding hydrogens is 1350 g/mol. The monoisotopic (exact) mass is 1410 g/mol. The summed E-state index contributed by atoms with van der Waals surface area (Å²) in [6.45, 7) is 0. The zero-order chi connectivity index (χ0) is 68.7. The van der Waals surface area contributed by atoms with E-state index in [1.807, 2.05) is 58.6 Å². The molecule has 2 aliphatic rings. The first-order valence-electron chi connectivity index (χ1n) is 35.0. The van der Waals surface area contributed by atoms with E-state index < -0.39 is 0 Å². The fourth-order valence-electron chi connectivity index (χ4n) is 16.6. The van der Waals surface area contributed by atoms with Crippen molar-refractivity contribution in [2.75, 3.05) is 14.7 Å². The average Bonchev–Trinajstić information content (AvgIpc) is 1.52. The summed E-state index contributed by atoms with van der Waals surface area (Å²) in [4.78, 5) is 8.58. The van der Waals surface area contributed by atoms with Gasteiger partial charge < -0.3 is 38.9 Å². The molecule has 104 heavy (non-hydrogen) atoms. The zero-order valence-electron chi connectivity index (χ0n) is 55.8. The molecule has 2 N–H and O–H groups in total. The molecule has 10 nitrogen and oxygen atoms in total. The molecule has 0 saturated carbocycles.